The maximum atomic E-state index is 9.36. The van der Waals surface area contributed by atoms with E-state index in [-0.39, 0.29) is 5.41 Å². The molecule has 14 heavy (non-hydrogen) atoms. The fraction of sp³-hybridized carbons (Fsp3) is 0.900. The first-order valence-corrected chi connectivity index (χ1v) is 5.11. The minimum Gasteiger partial charge on any atom is -0.389 e. The highest BCUT2D eigenvalue weighted by Crippen LogP contribution is 2.49. The van der Waals surface area contributed by atoms with Gasteiger partial charge in [0.1, 0.15) is 0 Å². The zero-order valence-corrected chi connectivity index (χ0v) is 8.19. The molecular formula is C10H16N2O2. The Balaban J connectivity index is 1.85. The minimum absolute atomic E-state index is 0.179. The smallest absolute Gasteiger partial charge is 0.0938 e. The molecule has 2 N–H and O–H groups in total. The Kier molecular flexibility index (Phi) is 2.48. The summed E-state index contributed by atoms with van der Waals surface area (Å²) in [6.45, 7) is 1.96. The fourth-order valence-corrected chi connectivity index (χ4v) is 2.19. The number of hydrogen-bond donors (Lipinski definition) is 2. The van der Waals surface area contributed by atoms with Crippen LogP contribution in [0.25, 0.3) is 0 Å². The number of nitriles is 1. The van der Waals surface area contributed by atoms with Crippen molar-refractivity contribution in [3.63, 3.8) is 0 Å². The second kappa shape index (κ2) is 3.50. The standard InChI is InChI=1S/C10H16N2O2/c11-4-3-10(1-2-10)7-12-5-8(13)9(14)6-12/h8-9,13-14H,1-3,5-7H2. The summed E-state index contributed by atoms with van der Waals surface area (Å²) in [5.74, 6) is 0. The lowest BCUT2D eigenvalue weighted by molar-refractivity contribution is 0.0572. The van der Waals surface area contributed by atoms with Gasteiger partial charge in [-0.1, -0.05) is 0 Å². The van der Waals surface area contributed by atoms with Gasteiger partial charge in [-0.15, -0.1) is 0 Å². The first-order chi connectivity index (χ1) is 6.65. The SMILES string of the molecule is N#CCC1(CN2CC(O)C(O)C2)CC1. The lowest BCUT2D eigenvalue weighted by Crippen LogP contribution is -2.29. The van der Waals surface area contributed by atoms with Gasteiger partial charge in [-0.05, 0) is 18.3 Å². The number of β-amino-alcohol motifs (C(OH)–C–C–N with tert-alkyl or cyclic N) is 2. The number of aliphatic hydroxyl groups is 2. The molecule has 4 heteroatoms. The Hall–Kier alpha value is -0.630. The second-order valence-electron chi connectivity index (χ2n) is 4.66. The number of rotatable bonds is 3. The summed E-state index contributed by atoms with van der Waals surface area (Å²) in [6.07, 6.45) is 1.63. The molecule has 1 saturated carbocycles. The zero-order chi connectivity index (χ0) is 10.2. The lowest BCUT2D eigenvalue weighted by Gasteiger charge is -2.20. The van der Waals surface area contributed by atoms with Crippen molar-refractivity contribution in [2.75, 3.05) is 19.6 Å². The van der Waals surface area contributed by atoms with Gasteiger partial charge in [0.25, 0.3) is 0 Å². The van der Waals surface area contributed by atoms with Gasteiger partial charge in [-0.25, -0.2) is 0 Å². The van der Waals surface area contributed by atoms with Crippen molar-refractivity contribution in [1.29, 1.82) is 5.26 Å². The summed E-state index contributed by atoms with van der Waals surface area (Å²) in [4.78, 5) is 2.07. The van der Waals surface area contributed by atoms with Gasteiger partial charge in [-0.2, -0.15) is 5.26 Å². The van der Waals surface area contributed by atoms with Crippen LogP contribution in [-0.4, -0.2) is 47.0 Å². The quantitative estimate of drug-likeness (QED) is 0.651. The molecule has 2 atom stereocenters. The van der Waals surface area contributed by atoms with E-state index in [4.69, 9.17) is 5.26 Å². The predicted octanol–water partition coefficient (Wildman–Crippen LogP) is -0.282. The Labute approximate surface area is 83.8 Å². The topological polar surface area (TPSA) is 67.5 Å². The minimum atomic E-state index is -0.604. The van der Waals surface area contributed by atoms with Crippen LogP contribution in [0.15, 0.2) is 0 Å². The highest BCUT2D eigenvalue weighted by atomic mass is 16.3. The van der Waals surface area contributed by atoms with Gasteiger partial charge in [0.2, 0.25) is 0 Å². The van der Waals surface area contributed by atoms with E-state index in [0.29, 0.717) is 19.5 Å². The van der Waals surface area contributed by atoms with Crippen LogP contribution in [0.4, 0.5) is 0 Å². The summed E-state index contributed by atoms with van der Waals surface area (Å²) in [6, 6.07) is 2.22. The number of aliphatic hydroxyl groups excluding tert-OH is 2. The Morgan fingerprint density at radius 3 is 2.29 bits per heavy atom. The monoisotopic (exact) mass is 196 g/mol. The first kappa shape index (κ1) is 9.91. The molecule has 1 aliphatic heterocycles. The molecule has 0 amide bonds. The number of likely N-dealkylation sites (tertiary alicyclic amines) is 1. The molecule has 1 saturated heterocycles. The number of hydrogen-bond acceptors (Lipinski definition) is 4. The largest absolute Gasteiger partial charge is 0.389 e. The van der Waals surface area contributed by atoms with E-state index in [2.05, 4.69) is 11.0 Å². The van der Waals surface area contributed by atoms with Crippen LogP contribution in [0.5, 0.6) is 0 Å². The highest BCUT2D eigenvalue weighted by Gasteiger charge is 2.45. The molecule has 0 aromatic carbocycles. The van der Waals surface area contributed by atoms with Gasteiger partial charge in [-0.3, -0.25) is 4.90 Å². The number of nitrogens with zero attached hydrogens (tertiary/aromatic N) is 2. The summed E-state index contributed by atoms with van der Waals surface area (Å²) in [5, 5.41) is 27.4. The zero-order valence-electron chi connectivity index (χ0n) is 8.19. The maximum absolute atomic E-state index is 9.36. The van der Waals surface area contributed by atoms with E-state index in [1.165, 1.54) is 0 Å². The average molecular weight is 196 g/mol. The molecule has 0 spiro atoms. The third kappa shape index (κ3) is 1.90. The van der Waals surface area contributed by atoms with E-state index < -0.39 is 12.2 Å². The van der Waals surface area contributed by atoms with Crippen LogP contribution in [0.3, 0.4) is 0 Å². The van der Waals surface area contributed by atoms with E-state index >= 15 is 0 Å². The van der Waals surface area contributed by atoms with Crippen molar-refractivity contribution in [2.24, 2.45) is 5.41 Å². The van der Waals surface area contributed by atoms with Crippen LogP contribution < -0.4 is 0 Å². The van der Waals surface area contributed by atoms with Crippen molar-refractivity contribution < 1.29 is 10.2 Å². The normalized spacial score (nSPS) is 35.5. The van der Waals surface area contributed by atoms with E-state index in [0.717, 1.165) is 19.4 Å². The molecule has 1 heterocycles. The molecule has 2 rings (SSSR count). The lowest BCUT2D eigenvalue weighted by atomic mass is 10.0. The fourth-order valence-electron chi connectivity index (χ4n) is 2.19. The molecular weight excluding hydrogens is 180 g/mol. The summed E-state index contributed by atoms with van der Waals surface area (Å²) in [7, 11) is 0. The third-order valence-corrected chi connectivity index (χ3v) is 3.30. The average Bonchev–Trinajstić information content (AvgIpc) is 2.77. The van der Waals surface area contributed by atoms with Crippen LogP contribution in [0, 0.1) is 16.7 Å². The van der Waals surface area contributed by atoms with Crippen LogP contribution >= 0.6 is 0 Å². The van der Waals surface area contributed by atoms with Gasteiger partial charge in [0.05, 0.1) is 18.3 Å². The first-order valence-electron chi connectivity index (χ1n) is 5.11. The van der Waals surface area contributed by atoms with Crippen molar-refractivity contribution >= 4 is 0 Å². The van der Waals surface area contributed by atoms with Crippen molar-refractivity contribution in [1.82, 2.24) is 4.90 Å². The Bertz CT molecular complexity index is 247. The third-order valence-electron chi connectivity index (χ3n) is 3.30. The highest BCUT2D eigenvalue weighted by molar-refractivity contribution is 5.02. The predicted molar refractivity (Wildman–Crippen MR) is 50.4 cm³/mol. The van der Waals surface area contributed by atoms with Crippen LogP contribution in [-0.2, 0) is 0 Å². The summed E-state index contributed by atoms with van der Waals surface area (Å²) < 4.78 is 0. The summed E-state index contributed by atoms with van der Waals surface area (Å²) >= 11 is 0. The van der Waals surface area contributed by atoms with Crippen molar-refractivity contribution in [3.8, 4) is 6.07 Å². The van der Waals surface area contributed by atoms with E-state index in [1.54, 1.807) is 0 Å². The van der Waals surface area contributed by atoms with Crippen molar-refractivity contribution in [3.05, 3.63) is 0 Å². The maximum Gasteiger partial charge on any atom is 0.0938 e. The van der Waals surface area contributed by atoms with Gasteiger partial charge in [0, 0.05) is 26.1 Å². The van der Waals surface area contributed by atoms with Crippen LogP contribution in [0.2, 0.25) is 0 Å². The summed E-state index contributed by atoms with van der Waals surface area (Å²) in [5.41, 5.74) is 0.179. The molecule has 0 aromatic heterocycles. The Morgan fingerprint density at radius 2 is 1.86 bits per heavy atom. The molecule has 2 unspecified atom stereocenters. The molecule has 1 aliphatic carbocycles. The Morgan fingerprint density at radius 1 is 1.29 bits per heavy atom. The molecule has 2 fully saturated rings. The van der Waals surface area contributed by atoms with E-state index in [9.17, 15) is 10.2 Å². The van der Waals surface area contributed by atoms with Gasteiger partial charge < -0.3 is 10.2 Å². The molecule has 78 valence electrons. The van der Waals surface area contributed by atoms with E-state index in [1.807, 2.05) is 0 Å². The molecule has 4 nitrogen and oxygen atoms in total. The molecule has 0 aromatic rings. The van der Waals surface area contributed by atoms with Gasteiger partial charge >= 0.3 is 0 Å². The second-order valence-corrected chi connectivity index (χ2v) is 4.66. The molecule has 0 radical (unpaired) electrons. The molecule has 0 bridgehead atoms. The van der Waals surface area contributed by atoms with Gasteiger partial charge in [0.15, 0.2) is 0 Å². The molecule has 2 aliphatic rings. The van der Waals surface area contributed by atoms with Crippen molar-refractivity contribution in [2.45, 2.75) is 31.5 Å². The van der Waals surface area contributed by atoms with Crippen LogP contribution in [0.1, 0.15) is 19.3 Å².